The summed E-state index contributed by atoms with van der Waals surface area (Å²) in [5.74, 6) is 0.0387. The molecule has 0 amide bonds. The summed E-state index contributed by atoms with van der Waals surface area (Å²) in [5, 5.41) is 9.13. The lowest BCUT2D eigenvalue weighted by Crippen LogP contribution is -2.42. The third-order valence-electron chi connectivity index (χ3n) is 3.65. The molecule has 4 atom stereocenters. The van der Waals surface area contributed by atoms with Gasteiger partial charge in [-0.05, 0) is 19.3 Å². The Morgan fingerprint density at radius 2 is 2.24 bits per heavy atom. The number of aliphatic hydroxyl groups is 1. The van der Waals surface area contributed by atoms with Crippen LogP contribution in [0, 0.1) is 5.92 Å². The van der Waals surface area contributed by atoms with Crippen molar-refractivity contribution in [3.8, 4) is 0 Å². The molecule has 98 valence electrons. The Bertz CT molecular complexity index is 412. The van der Waals surface area contributed by atoms with Gasteiger partial charge in [0, 0.05) is 5.92 Å². The molecule has 1 N–H and O–H groups in total. The molecule has 0 bridgehead atoms. The largest absolute Gasteiger partial charge is 0.392 e. The van der Waals surface area contributed by atoms with E-state index in [4.69, 9.17) is 4.18 Å². The van der Waals surface area contributed by atoms with Gasteiger partial charge in [-0.25, -0.2) is 0 Å². The predicted molar refractivity (Wildman–Crippen MR) is 65.0 cm³/mol. The van der Waals surface area contributed by atoms with Gasteiger partial charge in [0.25, 0.3) is 10.1 Å². The fourth-order valence-electron chi connectivity index (χ4n) is 2.67. The van der Waals surface area contributed by atoms with Gasteiger partial charge in [0.1, 0.15) is 5.25 Å². The van der Waals surface area contributed by atoms with Crippen molar-refractivity contribution in [2.75, 3.05) is 0 Å². The molecule has 0 saturated carbocycles. The lowest BCUT2D eigenvalue weighted by atomic mass is 9.86. The topological polar surface area (TPSA) is 63.6 Å². The summed E-state index contributed by atoms with van der Waals surface area (Å²) in [4.78, 5) is 0. The predicted octanol–water partition coefficient (Wildman–Crippen LogP) is 1.60. The van der Waals surface area contributed by atoms with Crippen LogP contribution in [0.4, 0.5) is 0 Å². The van der Waals surface area contributed by atoms with Crippen molar-refractivity contribution < 1.29 is 17.7 Å². The van der Waals surface area contributed by atoms with Crippen LogP contribution in [0.25, 0.3) is 0 Å². The number of aliphatic hydroxyl groups excluding tert-OH is 1. The first-order valence-corrected chi connectivity index (χ1v) is 7.72. The van der Waals surface area contributed by atoms with E-state index in [9.17, 15) is 13.5 Å². The zero-order chi connectivity index (χ0) is 12.6. The Labute approximate surface area is 103 Å². The summed E-state index contributed by atoms with van der Waals surface area (Å²) >= 11 is 0. The molecule has 5 heteroatoms. The van der Waals surface area contributed by atoms with Gasteiger partial charge >= 0.3 is 0 Å². The lowest BCUT2D eigenvalue weighted by Gasteiger charge is -2.36. The van der Waals surface area contributed by atoms with Crippen LogP contribution in [0.15, 0.2) is 11.6 Å². The smallest absolute Gasteiger partial charge is 0.274 e. The van der Waals surface area contributed by atoms with E-state index in [1.54, 1.807) is 0 Å². The summed E-state index contributed by atoms with van der Waals surface area (Å²) in [5.41, 5.74) is 0.938. The van der Waals surface area contributed by atoms with E-state index in [2.05, 4.69) is 0 Å². The van der Waals surface area contributed by atoms with Gasteiger partial charge in [-0.2, -0.15) is 8.42 Å². The summed E-state index contributed by atoms with van der Waals surface area (Å²) in [6, 6.07) is 0. The van der Waals surface area contributed by atoms with Crippen molar-refractivity contribution in [1.82, 2.24) is 0 Å². The molecular formula is C12H20O4S. The summed E-state index contributed by atoms with van der Waals surface area (Å²) in [6.45, 7) is 3.94. The van der Waals surface area contributed by atoms with Crippen LogP contribution < -0.4 is 0 Å². The monoisotopic (exact) mass is 260 g/mol. The van der Waals surface area contributed by atoms with Crippen LogP contribution in [0.1, 0.15) is 39.5 Å². The Morgan fingerprint density at radius 3 is 2.88 bits per heavy atom. The van der Waals surface area contributed by atoms with E-state index in [0.29, 0.717) is 6.42 Å². The fraction of sp³-hybridized carbons (Fsp3) is 0.833. The molecule has 2 aliphatic rings. The third-order valence-corrected chi connectivity index (χ3v) is 5.38. The summed E-state index contributed by atoms with van der Waals surface area (Å²) in [7, 11) is -3.54. The first-order valence-electron chi connectivity index (χ1n) is 6.24. The van der Waals surface area contributed by atoms with Gasteiger partial charge in [0.15, 0.2) is 0 Å². The maximum Gasteiger partial charge on any atom is 0.274 e. The van der Waals surface area contributed by atoms with Crippen molar-refractivity contribution in [2.45, 2.75) is 57.0 Å². The van der Waals surface area contributed by atoms with Gasteiger partial charge in [-0.1, -0.05) is 31.9 Å². The van der Waals surface area contributed by atoms with Gasteiger partial charge in [-0.3, -0.25) is 4.18 Å². The van der Waals surface area contributed by atoms with E-state index in [-0.39, 0.29) is 18.4 Å². The summed E-state index contributed by atoms with van der Waals surface area (Å²) in [6.07, 6.45) is 3.76. The van der Waals surface area contributed by atoms with Crippen molar-refractivity contribution in [3.05, 3.63) is 11.6 Å². The molecule has 1 fully saturated rings. The first kappa shape index (κ1) is 13.1. The molecule has 0 aromatic carbocycles. The molecule has 1 aliphatic heterocycles. The lowest BCUT2D eigenvalue weighted by molar-refractivity contribution is 0.109. The second-order valence-corrected chi connectivity index (χ2v) is 6.84. The molecule has 0 aromatic rings. The number of hydrogen-bond acceptors (Lipinski definition) is 4. The molecule has 17 heavy (non-hydrogen) atoms. The molecular weight excluding hydrogens is 240 g/mol. The van der Waals surface area contributed by atoms with Crippen LogP contribution in [0.3, 0.4) is 0 Å². The Balaban J connectivity index is 2.27. The molecule has 0 radical (unpaired) electrons. The highest BCUT2D eigenvalue weighted by atomic mass is 32.2. The van der Waals surface area contributed by atoms with E-state index in [1.165, 1.54) is 0 Å². The Kier molecular flexibility index (Phi) is 3.61. The average molecular weight is 260 g/mol. The van der Waals surface area contributed by atoms with E-state index in [0.717, 1.165) is 18.4 Å². The van der Waals surface area contributed by atoms with Crippen LogP contribution >= 0.6 is 0 Å². The molecule has 0 spiro atoms. The standard InChI is InChI=1S/C12H20O4S/c1-3-4-10-6-9-5-8(2)11(13)7-12(9)17(14,15)16-10/h5,8,10-13H,3-4,6-7H2,1-2H3/t8-,10-,11+,12-/m0/s1. The van der Waals surface area contributed by atoms with Crippen molar-refractivity contribution >= 4 is 10.1 Å². The number of rotatable bonds is 2. The normalized spacial score (nSPS) is 40.5. The van der Waals surface area contributed by atoms with Crippen LogP contribution in [0.5, 0.6) is 0 Å². The van der Waals surface area contributed by atoms with Crippen LogP contribution in [0.2, 0.25) is 0 Å². The minimum absolute atomic E-state index is 0.0387. The minimum atomic E-state index is -3.54. The van der Waals surface area contributed by atoms with E-state index in [1.807, 2.05) is 19.9 Å². The molecule has 1 heterocycles. The van der Waals surface area contributed by atoms with Crippen LogP contribution in [-0.4, -0.2) is 31.0 Å². The van der Waals surface area contributed by atoms with Gasteiger partial charge < -0.3 is 5.11 Å². The maximum atomic E-state index is 12.0. The molecule has 1 aliphatic carbocycles. The first-order chi connectivity index (χ1) is 7.94. The van der Waals surface area contributed by atoms with Gasteiger partial charge in [0.05, 0.1) is 12.2 Å². The van der Waals surface area contributed by atoms with Gasteiger partial charge in [0.2, 0.25) is 0 Å². The van der Waals surface area contributed by atoms with Gasteiger partial charge in [-0.15, -0.1) is 0 Å². The van der Waals surface area contributed by atoms with Crippen molar-refractivity contribution in [2.24, 2.45) is 5.92 Å². The molecule has 2 rings (SSSR count). The Hall–Kier alpha value is -0.390. The molecule has 0 aromatic heterocycles. The molecule has 1 saturated heterocycles. The van der Waals surface area contributed by atoms with Crippen molar-refractivity contribution in [1.29, 1.82) is 0 Å². The SMILES string of the molecule is CCC[C@H]1CC2=C[C@H](C)[C@H](O)C[C@@H]2S(=O)(=O)O1. The minimum Gasteiger partial charge on any atom is -0.392 e. The second-order valence-electron chi connectivity index (χ2n) is 5.10. The highest BCUT2D eigenvalue weighted by molar-refractivity contribution is 7.87. The average Bonchev–Trinajstić information content (AvgIpc) is 2.21. The third kappa shape index (κ3) is 2.56. The molecule has 0 unspecified atom stereocenters. The second kappa shape index (κ2) is 4.71. The number of fused-ring (bicyclic) bond motifs is 1. The zero-order valence-electron chi connectivity index (χ0n) is 10.3. The number of hydrogen-bond donors (Lipinski definition) is 1. The quantitative estimate of drug-likeness (QED) is 0.605. The Morgan fingerprint density at radius 1 is 1.53 bits per heavy atom. The van der Waals surface area contributed by atoms with E-state index < -0.39 is 21.5 Å². The fourth-order valence-corrected chi connectivity index (χ4v) is 4.33. The van der Waals surface area contributed by atoms with Crippen LogP contribution in [-0.2, 0) is 14.3 Å². The van der Waals surface area contributed by atoms with E-state index >= 15 is 0 Å². The van der Waals surface area contributed by atoms with Crippen molar-refractivity contribution in [3.63, 3.8) is 0 Å². The highest BCUT2D eigenvalue weighted by Crippen LogP contribution is 2.37. The highest BCUT2D eigenvalue weighted by Gasteiger charge is 2.42. The zero-order valence-corrected chi connectivity index (χ0v) is 11.1. The molecule has 4 nitrogen and oxygen atoms in total. The maximum absolute atomic E-state index is 12.0. The summed E-state index contributed by atoms with van der Waals surface area (Å²) < 4.78 is 29.1.